The van der Waals surface area contributed by atoms with Crippen molar-refractivity contribution in [2.24, 2.45) is 5.92 Å². The van der Waals surface area contributed by atoms with E-state index in [1.54, 1.807) is 0 Å². The predicted molar refractivity (Wildman–Crippen MR) is 85.1 cm³/mol. The average Bonchev–Trinajstić information content (AvgIpc) is 2.94. The monoisotopic (exact) mass is 291 g/mol. The van der Waals surface area contributed by atoms with Crippen LogP contribution in [0, 0.1) is 19.8 Å². The molecule has 0 bridgehead atoms. The van der Waals surface area contributed by atoms with Gasteiger partial charge in [0.2, 0.25) is 0 Å². The topological polar surface area (TPSA) is 12.0 Å². The first-order valence-corrected chi connectivity index (χ1v) is 8.71. The molecule has 2 aromatic rings. The summed E-state index contributed by atoms with van der Waals surface area (Å²) in [5, 5.41) is 6.06. The maximum atomic E-state index is 3.87. The second-order valence-electron chi connectivity index (χ2n) is 5.59. The number of nitrogens with one attached hydrogen (secondary N) is 1. The van der Waals surface area contributed by atoms with Gasteiger partial charge in [0.05, 0.1) is 0 Å². The number of rotatable bonds is 5. The quantitative estimate of drug-likeness (QED) is 0.795. The summed E-state index contributed by atoms with van der Waals surface area (Å²) in [4.78, 5) is 4.37. The highest BCUT2D eigenvalue weighted by Gasteiger charge is 2.33. The third kappa shape index (κ3) is 2.93. The van der Waals surface area contributed by atoms with Gasteiger partial charge in [-0.05, 0) is 62.6 Å². The van der Waals surface area contributed by atoms with Gasteiger partial charge in [0, 0.05) is 26.7 Å². The summed E-state index contributed by atoms with van der Waals surface area (Å²) in [7, 11) is 0. The molecule has 0 saturated heterocycles. The molecule has 1 nitrogen and oxygen atoms in total. The summed E-state index contributed by atoms with van der Waals surface area (Å²) in [6.45, 7) is 6.74. The van der Waals surface area contributed by atoms with E-state index in [1.807, 2.05) is 22.7 Å². The predicted octanol–water partition coefficient (Wildman–Crippen LogP) is 5.23. The molecule has 2 unspecified atom stereocenters. The van der Waals surface area contributed by atoms with Gasteiger partial charge in [0.25, 0.3) is 0 Å². The number of aryl methyl sites for hydroxylation is 2. The summed E-state index contributed by atoms with van der Waals surface area (Å²) < 4.78 is 0. The zero-order valence-electron chi connectivity index (χ0n) is 11.8. The van der Waals surface area contributed by atoms with Gasteiger partial charge in [-0.15, -0.1) is 22.7 Å². The van der Waals surface area contributed by atoms with Crippen LogP contribution >= 0.6 is 22.7 Å². The van der Waals surface area contributed by atoms with E-state index in [1.165, 1.54) is 33.0 Å². The number of hydrogen-bond donors (Lipinski definition) is 1. The van der Waals surface area contributed by atoms with Crippen molar-refractivity contribution in [2.45, 2.75) is 45.7 Å². The Labute approximate surface area is 123 Å². The molecule has 1 aliphatic rings. The van der Waals surface area contributed by atoms with Crippen molar-refractivity contribution in [3.8, 4) is 0 Å². The normalized spacial score (nSPS) is 18.5. The second kappa shape index (κ2) is 5.39. The van der Waals surface area contributed by atoms with Gasteiger partial charge in [-0.1, -0.05) is 6.07 Å². The lowest BCUT2D eigenvalue weighted by Gasteiger charge is -2.22. The van der Waals surface area contributed by atoms with Crippen LogP contribution in [0.2, 0.25) is 0 Å². The molecular weight excluding hydrogens is 270 g/mol. The Bertz CT molecular complexity index is 537. The molecule has 2 aromatic heterocycles. The van der Waals surface area contributed by atoms with Crippen molar-refractivity contribution in [3.63, 3.8) is 0 Å². The fourth-order valence-electron chi connectivity index (χ4n) is 2.79. The maximum absolute atomic E-state index is 3.87. The number of thiophene rings is 2. The highest BCUT2D eigenvalue weighted by molar-refractivity contribution is 7.12. The van der Waals surface area contributed by atoms with Crippen LogP contribution in [0.5, 0.6) is 0 Å². The molecule has 19 heavy (non-hydrogen) atoms. The lowest BCUT2D eigenvalue weighted by Crippen LogP contribution is -2.25. The van der Waals surface area contributed by atoms with E-state index in [-0.39, 0.29) is 0 Å². The Balaban J connectivity index is 1.77. The third-order valence-corrected chi connectivity index (χ3v) is 5.86. The van der Waals surface area contributed by atoms with E-state index < -0.39 is 0 Å². The molecule has 1 saturated carbocycles. The van der Waals surface area contributed by atoms with Crippen molar-refractivity contribution >= 4 is 22.7 Å². The summed E-state index contributed by atoms with van der Waals surface area (Å²) in [6.07, 6.45) is 2.76. The zero-order chi connectivity index (χ0) is 13.4. The van der Waals surface area contributed by atoms with Crippen LogP contribution in [0.1, 0.15) is 52.0 Å². The third-order valence-electron chi connectivity index (χ3n) is 3.92. The van der Waals surface area contributed by atoms with Crippen LogP contribution < -0.4 is 5.32 Å². The van der Waals surface area contributed by atoms with Gasteiger partial charge in [0.1, 0.15) is 0 Å². The Hall–Kier alpha value is -0.640. The van der Waals surface area contributed by atoms with Crippen LogP contribution in [0.25, 0.3) is 0 Å². The molecule has 3 rings (SSSR count). The minimum Gasteiger partial charge on any atom is -0.302 e. The lowest BCUT2D eigenvalue weighted by atomic mass is 10.1. The minimum atomic E-state index is 0.442. The summed E-state index contributed by atoms with van der Waals surface area (Å²) >= 11 is 3.79. The lowest BCUT2D eigenvalue weighted by molar-refractivity contribution is 0.433. The van der Waals surface area contributed by atoms with Gasteiger partial charge >= 0.3 is 0 Å². The number of hydrogen-bond acceptors (Lipinski definition) is 3. The molecule has 102 valence electrons. The van der Waals surface area contributed by atoms with Crippen molar-refractivity contribution < 1.29 is 0 Å². The standard InChI is InChI=1S/C16H21NS2/c1-10-9-14(12(3)19-10)11(2)17-16(13-6-7-13)15-5-4-8-18-15/h4-5,8-9,11,13,16-17H,6-7H2,1-3H3. The first-order chi connectivity index (χ1) is 9.15. The van der Waals surface area contributed by atoms with Crippen molar-refractivity contribution in [1.82, 2.24) is 5.32 Å². The molecule has 0 radical (unpaired) electrons. The Kier molecular flexibility index (Phi) is 3.79. The van der Waals surface area contributed by atoms with E-state index in [0.29, 0.717) is 12.1 Å². The molecule has 3 heteroatoms. The summed E-state index contributed by atoms with van der Waals surface area (Å²) in [6, 6.07) is 7.78. The fourth-order valence-corrected chi connectivity index (χ4v) is 4.69. The molecule has 1 aliphatic carbocycles. The van der Waals surface area contributed by atoms with Crippen molar-refractivity contribution in [3.05, 3.63) is 43.8 Å². The summed E-state index contributed by atoms with van der Waals surface area (Å²) in [5.74, 6) is 0.848. The Morgan fingerprint density at radius 3 is 2.63 bits per heavy atom. The molecule has 0 spiro atoms. The largest absolute Gasteiger partial charge is 0.302 e. The highest BCUT2D eigenvalue weighted by atomic mass is 32.1. The van der Waals surface area contributed by atoms with E-state index >= 15 is 0 Å². The van der Waals surface area contributed by atoms with Crippen LogP contribution in [0.4, 0.5) is 0 Å². The van der Waals surface area contributed by atoms with Crippen LogP contribution in [0.15, 0.2) is 23.6 Å². The van der Waals surface area contributed by atoms with Gasteiger partial charge in [0.15, 0.2) is 0 Å². The maximum Gasteiger partial charge on any atom is 0.0448 e. The Morgan fingerprint density at radius 2 is 2.11 bits per heavy atom. The first kappa shape index (κ1) is 13.3. The van der Waals surface area contributed by atoms with E-state index in [0.717, 1.165) is 5.92 Å². The average molecular weight is 291 g/mol. The molecular formula is C16H21NS2. The molecule has 1 N–H and O–H groups in total. The van der Waals surface area contributed by atoms with E-state index in [4.69, 9.17) is 0 Å². The molecule has 0 aliphatic heterocycles. The first-order valence-electron chi connectivity index (χ1n) is 7.01. The molecule has 2 atom stereocenters. The molecule has 1 fully saturated rings. The van der Waals surface area contributed by atoms with Crippen LogP contribution in [-0.2, 0) is 0 Å². The van der Waals surface area contributed by atoms with E-state index in [9.17, 15) is 0 Å². The summed E-state index contributed by atoms with van der Waals surface area (Å²) in [5.41, 5.74) is 1.48. The molecule has 0 amide bonds. The van der Waals surface area contributed by atoms with E-state index in [2.05, 4.69) is 49.7 Å². The van der Waals surface area contributed by atoms with Crippen LogP contribution in [-0.4, -0.2) is 0 Å². The molecule has 2 heterocycles. The minimum absolute atomic E-state index is 0.442. The van der Waals surface area contributed by atoms with Gasteiger partial charge in [-0.2, -0.15) is 0 Å². The molecule has 0 aromatic carbocycles. The second-order valence-corrected chi connectivity index (χ2v) is 8.03. The smallest absolute Gasteiger partial charge is 0.0448 e. The Morgan fingerprint density at radius 1 is 1.32 bits per heavy atom. The fraction of sp³-hybridized carbons (Fsp3) is 0.500. The van der Waals surface area contributed by atoms with Gasteiger partial charge < -0.3 is 5.32 Å². The highest BCUT2D eigenvalue weighted by Crippen LogP contribution is 2.43. The van der Waals surface area contributed by atoms with Crippen molar-refractivity contribution in [1.29, 1.82) is 0 Å². The van der Waals surface area contributed by atoms with Crippen LogP contribution in [0.3, 0.4) is 0 Å². The van der Waals surface area contributed by atoms with Gasteiger partial charge in [-0.3, -0.25) is 0 Å². The van der Waals surface area contributed by atoms with Crippen molar-refractivity contribution in [2.75, 3.05) is 0 Å². The SMILES string of the molecule is Cc1cc(C(C)NC(c2cccs2)C2CC2)c(C)s1. The van der Waals surface area contributed by atoms with Gasteiger partial charge in [-0.25, -0.2) is 0 Å². The zero-order valence-corrected chi connectivity index (χ0v) is 13.4.